The molecule has 0 aliphatic rings. The molecule has 0 aliphatic heterocycles. The minimum absolute atomic E-state index is 0. The molecule has 0 aliphatic carbocycles. The number of hydrogen-bond donors (Lipinski definition) is 1. The van der Waals surface area contributed by atoms with Crippen LogP contribution in [0.25, 0.3) is 23.1 Å². The monoisotopic (exact) mass is 483 g/mol. The van der Waals surface area contributed by atoms with Gasteiger partial charge in [0.2, 0.25) is 0 Å². The van der Waals surface area contributed by atoms with Crippen molar-refractivity contribution in [3.8, 4) is 0 Å². The Morgan fingerprint density at radius 1 is 1.07 bits per heavy atom. The van der Waals surface area contributed by atoms with Gasteiger partial charge in [0, 0.05) is 16.3 Å². The molecule has 0 unspecified atom stereocenters. The number of benzene rings is 2. The number of aliphatic carboxylic acids is 1. The Labute approximate surface area is 200 Å². The van der Waals surface area contributed by atoms with Crippen LogP contribution in [0.2, 0.25) is 0 Å². The maximum atomic E-state index is 12.4. The summed E-state index contributed by atoms with van der Waals surface area (Å²) in [7, 11) is -3.51. The van der Waals surface area contributed by atoms with Crippen LogP contribution < -0.4 is 0 Å². The zero-order valence-corrected chi connectivity index (χ0v) is 17.3. The van der Waals surface area contributed by atoms with Crippen molar-refractivity contribution in [3.05, 3.63) is 70.3 Å². The fraction of sp³-hybridized carbons (Fsp3) is 0.143. The van der Waals surface area contributed by atoms with Crippen LogP contribution in [0, 0.1) is 0 Å². The standard InChI is InChI=1S/C21H18BrNO4S.Na.H/c22-17-9-7-16-8-11-18(23-20(16)14-17)10-6-15-3-1-4-19(13-15)28(26,27)12-2-5-21(24)25;;/h1,3-4,6-11,13-14H,2,5,12H2,(H,24,25);;/b10-6+;;. The van der Waals surface area contributed by atoms with Crippen molar-refractivity contribution in [3.63, 3.8) is 0 Å². The van der Waals surface area contributed by atoms with E-state index >= 15 is 0 Å². The normalized spacial score (nSPS) is 11.5. The van der Waals surface area contributed by atoms with Crippen LogP contribution in [0.1, 0.15) is 24.1 Å². The number of hydrogen-bond acceptors (Lipinski definition) is 4. The van der Waals surface area contributed by atoms with E-state index in [1.54, 1.807) is 12.1 Å². The molecule has 0 saturated carbocycles. The van der Waals surface area contributed by atoms with Gasteiger partial charge in [0.15, 0.2) is 9.84 Å². The first-order chi connectivity index (χ1) is 13.3. The van der Waals surface area contributed by atoms with Crippen LogP contribution in [0.3, 0.4) is 0 Å². The van der Waals surface area contributed by atoms with Gasteiger partial charge in [0.05, 0.1) is 21.9 Å². The van der Waals surface area contributed by atoms with Gasteiger partial charge in [0.1, 0.15) is 0 Å². The van der Waals surface area contributed by atoms with Crippen LogP contribution in [0.5, 0.6) is 0 Å². The summed E-state index contributed by atoms with van der Waals surface area (Å²) in [5, 5.41) is 9.71. The molecule has 0 saturated heterocycles. The Bertz CT molecular complexity index is 1160. The zero-order valence-electron chi connectivity index (χ0n) is 14.9. The second-order valence-corrected chi connectivity index (χ2v) is 9.32. The molecular formula is C21H19BrNNaO4S. The predicted octanol–water partition coefficient (Wildman–Crippen LogP) is 4.16. The van der Waals surface area contributed by atoms with Crippen molar-refractivity contribution in [1.29, 1.82) is 0 Å². The van der Waals surface area contributed by atoms with Crippen molar-refractivity contribution in [2.75, 3.05) is 5.75 Å². The van der Waals surface area contributed by atoms with Crippen LogP contribution in [-0.2, 0) is 14.6 Å². The summed E-state index contributed by atoms with van der Waals surface area (Å²) in [5.41, 5.74) is 2.36. The first kappa shape index (κ1) is 23.8. The van der Waals surface area contributed by atoms with E-state index in [-0.39, 0.29) is 53.0 Å². The number of carbonyl (C=O) groups is 1. The Morgan fingerprint density at radius 2 is 1.83 bits per heavy atom. The fourth-order valence-electron chi connectivity index (χ4n) is 2.72. The Balaban J connectivity index is 0.00000300. The van der Waals surface area contributed by atoms with Gasteiger partial charge in [-0.15, -0.1) is 0 Å². The number of pyridine rings is 1. The third-order valence-corrected chi connectivity index (χ3v) is 6.43. The number of aromatic nitrogens is 1. The van der Waals surface area contributed by atoms with Gasteiger partial charge in [-0.05, 0) is 48.4 Å². The van der Waals surface area contributed by atoms with Crippen LogP contribution in [0.4, 0.5) is 0 Å². The van der Waals surface area contributed by atoms with E-state index in [9.17, 15) is 13.2 Å². The number of sulfone groups is 1. The van der Waals surface area contributed by atoms with Gasteiger partial charge in [0.25, 0.3) is 0 Å². The Kier molecular flexibility index (Phi) is 8.60. The third-order valence-electron chi connectivity index (χ3n) is 4.14. The molecule has 0 bridgehead atoms. The summed E-state index contributed by atoms with van der Waals surface area (Å²) < 4.78 is 25.7. The first-order valence-corrected chi connectivity index (χ1v) is 11.1. The van der Waals surface area contributed by atoms with Crippen molar-refractivity contribution < 1.29 is 18.3 Å². The molecule has 0 atom stereocenters. The van der Waals surface area contributed by atoms with Crippen LogP contribution in [0.15, 0.2) is 64.0 Å². The molecule has 5 nitrogen and oxygen atoms in total. The zero-order chi connectivity index (χ0) is 20.1. The molecule has 8 heteroatoms. The Hall–Kier alpha value is -1.51. The van der Waals surface area contributed by atoms with E-state index in [0.717, 1.165) is 26.6 Å². The molecule has 1 N–H and O–H groups in total. The summed E-state index contributed by atoms with van der Waals surface area (Å²) in [6.07, 6.45) is 3.57. The number of nitrogens with zero attached hydrogens (tertiary/aromatic N) is 1. The molecule has 29 heavy (non-hydrogen) atoms. The van der Waals surface area contributed by atoms with Crippen molar-refractivity contribution in [2.45, 2.75) is 17.7 Å². The molecular weight excluding hydrogens is 465 g/mol. The van der Waals surface area contributed by atoms with Gasteiger partial charge in [-0.2, -0.15) is 0 Å². The molecule has 3 aromatic rings. The molecule has 146 valence electrons. The van der Waals surface area contributed by atoms with Crippen LogP contribution >= 0.6 is 15.9 Å². The van der Waals surface area contributed by atoms with Gasteiger partial charge in [-0.1, -0.05) is 46.3 Å². The van der Waals surface area contributed by atoms with E-state index < -0.39 is 15.8 Å². The number of carboxylic acids is 1. The minimum atomic E-state index is -3.51. The van der Waals surface area contributed by atoms with E-state index in [2.05, 4.69) is 20.9 Å². The first-order valence-electron chi connectivity index (χ1n) is 8.62. The maximum absolute atomic E-state index is 12.4. The van der Waals surface area contributed by atoms with E-state index in [1.807, 2.05) is 48.6 Å². The second kappa shape index (κ2) is 10.5. The SMILES string of the molecule is O=C(O)CCCS(=O)(=O)c1cccc(/C=C/c2ccc3ccc(Br)cc3n2)c1.[NaH]. The van der Waals surface area contributed by atoms with Gasteiger partial charge in [-0.25, -0.2) is 13.4 Å². The predicted molar refractivity (Wildman–Crippen MR) is 121 cm³/mol. The molecule has 0 radical (unpaired) electrons. The third kappa shape index (κ3) is 6.76. The summed E-state index contributed by atoms with van der Waals surface area (Å²) >= 11 is 3.44. The number of carboxylic acid groups (broad SMARTS) is 1. The number of rotatable bonds is 7. The number of fused-ring (bicyclic) bond motifs is 1. The summed E-state index contributed by atoms with van der Waals surface area (Å²) in [5.74, 6) is -1.19. The average Bonchev–Trinajstić information content (AvgIpc) is 2.66. The van der Waals surface area contributed by atoms with E-state index in [1.165, 1.54) is 6.07 Å². The molecule has 1 aromatic heterocycles. The van der Waals surface area contributed by atoms with Crippen molar-refractivity contribution in [2.24, 2.45) is 0 Å². The molecule has 0 spiro atoms. The topological polar surface area (TPSA) is 84.3 Å². The van der Waals surface area contributed by atoms with Gasteiger partial charge in [-0.3, -0.25) is 4.79 Å². The molecule has 1 heterocycles. The van der Waals surface area contributed by atoms with E-state index in [4.69, 9.17) is 5.11 Å². The quantitative estimate of drug-likeness (QED) is 0.510. The van der Waals surface area contributed by atoms with E-state index in [0.29, 0.717) is 0 Å². The van der Waals surface area contributed by atoms with Crippen molar-refractivity contribution >= 4 is 84.3 Å². The molecule has 0 fully saturated rings. The van der Waals surface area contributed by atoms with Crippen LogP contribution in [-0.4, -0.2) is 59.8 Å². The summed E-state index contributed by atoms with van der Waals surface area (Å²) in [4.78, 5) is 15.4. The van der Waals surface area contributed by atoms with Crippen molar-refractivity contribution in [1.82, 2.24) is 4.98 Å². The summed E-state index contributed by atoms with van der Waals surface area (Å²) in [6.45, 7) is 0. The molecule has 2 aromatic carbocycles. The van der Waals surface area contributed by atoms with Gasteiger partial charge < -0.3 is 5.11 Å². The number of halogens is 1. The summed E-state index contributed by atoms with van der Waals surface area (Å²) in [6, 6.07) is 16.4. The van der Waals surface area contributed by atoms with Gasteiger partial charge >= 0.3 is 35.5 Å². The Morgan fingerprint density at radius 3 is 2.59 bits per heavy atom. The molecule has 3 rings (SSSR count). The fourth-order valence-corrected chi connectivity index (χ4v) is 4.43. The molecule has 0 amide bonds. The average molecular weight is 484 g/mol. The second-order valence-electron chi connectivity index (χ2n) is 6.30.